The predicted octanol–water partition coefficient (Wildman–Crippen LogP) is 2.52. The molecular weight excluding hydrogens is 256 g/mol. The largest absolute Gasteiger partial charge is 0.478 e. The van der Waals surface area contributed by atoms with E-state index in [1.54, 1.807) is 6.92 Å². The first-order chi connectivity index (χ1) is 9.58. The third-order valence-electron chi connectivity index (χ3n) is 2.95. The molecule has 1 heterocycles. The average Bonchev–Trinajstić information content (AvgIpc) is 2.47. The molecule has 2 rings (SSSR count). The van der Waals surface area contributed by atoms with Gasteiger partial charge in [0.2, 0.25) is 5.91 Å². The lowest BCUT2D eigenvalue weighted by atomic mass is 10.0. The second-order valence-corrected chi connectivity index (χ2v) is 4.39. The van der Waals surface area contributed by atoms with E-state index in [4.69, 9.17) is 5.11 Å². The number of hydrogen-bond acceptors (Lipinski definition) is 3. The topological polar surface area (TPSA) is 79.3 Å². The standard InChI is InChI=1S/C15H14N2O3/c1-10(11-5-3-2-4-6-11)14(18)17-13-7-12(15(19)20)8-16-9-13/h2-10H,1H3,(H,17,18)(H,19,20). The minimum atomic E-state index is -1.08. The number of aromatic carboxylic acids is 1. The van der Waals surface area contributed by atoms with Crippen LogP contribution in [0.4, 0.5) is 5.69 Å². The lowest BCUT2D eigenvalue weighted by Crippen LogP contribution is -2.19. The van der Waals surface area contributed by atoms with Crippen molar-refractivity contribution in [3.8, 4) is 0 Å². The van der Waals surface area contributed by atoms with Crippen LogP contribution in [0.1, 0.15) is 28.8 Å². The zero-order valence-electron chi connectivity index (χ0n) is 10.9. The Kier molecular flexibility index (Phi) is 4.10. The van der Waals surface area contributed by atoms with E-state index in [9.17, 15) is 9.59 Å². The fourth-order valence-electron chi connectivity index (χ4n) is 1.77. The van der Waals surface area contributed by atoms with Gasteiger partial charge in [-0.05, 0) is 18.6 Å². The number of anilines is 1. The molecular formula is C15H14N2O3. The van der Waals surface area contributed by atoms with Crippen LogP contribution >= 0.6 is 0 Å². The van der Waals surface area contributed by atoms with E-state index in [2.05, 4.69) is 10.3 Å². The highest BCUT2D eigenvalue weighted by Crippen LogP contribution is 2.17. The minimum absolute atomic E-state index is 0.0372. The van der Waals surface area contributed by atoms with E-state index in [1.165, 1.54) is 18.5 Å². The summed E-state index contributed by atoms with van der Waals surface area (Å²) in [6.07, 6.45) is 2.65. The van der Waals surface area contributed by atoms with Crippen LogP contribution in [0.15, 0.2) is 48.8 Å². The third kappa shape index (κ3) is 3.20. The summed E-state index contributed by atoms with van der Waals surface area (Å²) >= 11 is 0. The maximum absolute atomic E-state index is 12.1. The molecule has 0 saturated carbocycles. The fraction of sp³-hybridized carbons (Fsp3) is 0.133. The summed E-state index contributed by atoms with van der Waals surface area (Å²) < 4.78 is 0. The quantitative estimate of drug-likeness (QED) is 0.894. The summed E-state index contributed by atoms with van der Waals surface area (Å²) in [6, 6.07) is 10.7. The van der Waals surface area contributed by atoms with Crippen LogP contribution in [0.3, 0.4) is 0 Å². The molecule has 2 N–H and O–H groups in total. The number of aromatic nitrogens is 1. The van der Waals surface area contributed by atoms with Gasteiger partial charge in [-0.15, -0.1) is 0 Å². The summed E-state index contributed by atoms with van der Waals surface area (Å²) in [5.41, 5.74) is 1.31. The molecule has 2 aromatic rings. The van der Waals surface area contributed by atoms with Crippen molar-refractivity contribution >= 4 is 17.6 Å². The van der Waals surface area contributed by atoms with Crippen molar-refractivity contribution < 1.29 is 14.7 Å². The van der Waals surface area contributed by atoms with Gasteiger partial charge in [-0.2, -0.15) is 0 Å². The van der Waals surface area contributed by atoms with Crippen LogP contribution < -0.4 is 5.32 Å². The molecule has 0 aliphatic rings. The minimum Gasteiger partial charge on any atom is -0.478 e. The van der Waals surface area contributed by atoms with Crippen molar-refractivity contribution in [3.05, 3.63) is 59.9 Å². The summed E-state index contributed by atoms with van der Waals surface area (Å²) in [5, 5.41) is 11.5. The van der Waals surface area contributed by atoms with Crippen LogP contribution in [0, 0.1) is 0 Å². The third-order valence-corrected chi connectivity index (χ3v) is 2.95. The number of carboxylic acid groups (broad SMARTS) is 1. The molecule has 1 atom stereocenters. The van der Waals surface area contributed by atoms with E-state index < -0.39 is 5.97 Å². The lowest BCUT2D eigenvalue weighted by Gasteiger charge is -2.12. The first-order valence-electron chi connectivity index (χ1n) is 6.12. The molecule has 102 valence electrons. The molecule has 1 aromatic heterocycles. The molecule has 0 spiro atoms. The number of carbonyl (C=O) groups excluding carboxylic acids is 1. The fourth-order valence-corrected chi connectivity index (χ4v) is 1.77. The molecule has 1 unspecified atom stereocenters. The molecule has 5 heteroatoms. The molecule has 0 bridgehead atoms. The summed E-state index contributed by atoms with van der Waals surface area (Å²) in [6.45, 7) is 1.79. The Bertz CT molecular complexity index is 626. The Morgan fingerprint density at radius 3 is 2.55 bits per heavy atom. The normalized spacial score (nSPS) is 11.7. The molecule has 0 aliphatic heterocycles. The smallest absolute Gasteiger partial charge is 0.337 e. The Balaban J connectivity index is 2.12. The predicted molar refractivity (Wildman–Crippen MR) is 74.7 cm³/mol. The van der Waals surface area contributed by atoms with Crippen LogP contribution in [0.25, 0.3) is 0 Å². The van der Waals surface area contributed by atoms with Crippen molar-refractivity contribution in [3.63, 3.8) is 0 Å². The monoisotopic (exact) mass is 270 g/mol. The highest BCUT2D eigenvalue weighted by Gasteiger charge is 2.15. The Labute approximate surface area is 116 Å². The molecule has 1 amide bonds. The number of pyridine rings is 1. The van der Waals surface area contributed by atoms with Crippen molar-refractivity contribution in [2.24, 2.45) is 0 Å². The maximum Gasteiger partial charge on any atom is 0.337 e. The SMILES string of the molecule is CC(C(=O)Nc1cncc(C(=O)O)c1)c1ccccc1. The molecule has 5 nitrogen and oxygen atoms in total. The highest BCUT2D eigenvalue weighted by molar-refractivity contribution is 5.96. The van der Waals surface area contributed by atoms with Crippen molar-refractivity contribution in [1.29, 1.82) is 0 Å². The number of nitrogens with one attached hydrogen (secondary N) is 1. The first-order valence-corrected chi connectivity index (χ1v) is 6.12. The zero-order chi connectivity index (χ0) is 14.5. The number of benzene rings is 1. The van der Waals surface area contributed by atoms with Crippen LogP contribution in [0.5, 0.6) is 0 Å². The van der Waals surface area contributed by atoms with Gasteiger partial charge in [-0.1, -0.05) is 30.3 Å². The number of hydrogen-bond donors (Lipinski definition) is 2. The average molecular weight is 270 g/mol. The number of nitrogens with zero attached hydrogens (tertiary/aromatic N) is 1. The Morgan fingerprint density at radius 2 is 1.90 bits per heavy atom. The van der Waals surface area contributed by atoms with Gasteiger partial charge in [0.15, 0.2) is 0 Å². The second kappa shape index (κ2) is 5.97. The van der Waals surface area contributed by atoms with Crippen molar-refractivity contribution in [2.45, 2.75) is 12.8 Å². The van der Waals surface area contributed by atoms with Crippen molar-refractivity contribution in [2.75, 3.05) is 5.32 Å². The number of amides is 1. The first kappa shape index (κ1) is 13.7. The van der Waals surface area contributed by atoms with Crippen LogP contribution in [-0.2, 0) is 4.79 Å². The van der Waals surface area contributed by atoms with E-state index in [1.807, 2.05) is 30.3 Å². The highest BCUT2D eigenvalue weighted by atomic mass is 16.4. The Hall–Kier alpha value is -2.69. The Morgan fingerprint density at radius 1 is 1.20 bits per heavy atom. The second-order valence-electron chi connectivity index (χ2n) is 4.39. The van der Waals surface area contributed by atoms with E-state index >= 15 is 0 Å². The van der Waals surface area contributed by atoms with Gasteiger partial charge in [0.25, 0.3) is 0 Å². The molecule has 20 heavy (non-hydrogen) atoms. The summed E-state index contributed by atoms with van der Waals surface area (Å²) in [7, 11) is 0. The van der Waals surface area contributed by atoms with E-state index in [0.717, 1.165) is 5.56 Å². The van der Waals surface area contributed by atoms with Gasteiger partial charge in [-0.25, -0.2) is 4.79 Å². The number of rotatable bonds is 4. The van der Waals surface area contributed by atoms with Gasteiger partial charge < -0.3 is 10.4 Å². The molecule has 0 saturated heterocycles. The van der Waals surface area contributed by atoms with Crippen LogP contribution in [0.2, 0.25) is 0 Å². The van der Waals surface area contributed by atoms with Gasteiger partial charge in [0.05, 0.1) is 23.4 Å². The van der Waals surface area contributed by atoms with Gasteiger partial charge in [0.1, 0.15) is 0 Å². The van der Waals surface area contributed by atoms with Gasteiger partial charge >= 0.3 is 5.97 Å². The summed E-state index contributed by atoms with van der Waals surface area (Å²) in [4.78, 5) is 26.7. The zero-order valence-corrected chi connectivity index (χ0v) is 10.9. The molecule has 0 radical (unpaired) electrons. The van der Waals surface area contributed by atoms with Crippen molar-refractivity contribution in [1.82, 2.24) is 4.98 Å². The van der Waals surface area contributed by atoms with E-state index in [-0.39, 0.29) is 17.4 Å². The maximum atomic E-state index is 12.1. The summed E-state index contributed by atoms with van der Waals surface area (Å²) in [5.74, 6) is -1.62. The molecule has 0 fully saturated rings. The van der Waals surface area contributed by atoms with Crippen LogP contribution in [-0.4, -0.2) is 22.0 Å². The lowest BCUT2D eigenvalue weighted by molar-refractivity contribution is -0.117. The number of carboxylic acids is 1. The van der Waals surface area contributed by atoms with Gasteiger partial charge in [-0.3, -0.25) is 9.78 Å². The molecule has 1 aromatic carbocycles. The van der Waals surface area contributed by atoms with E-state index in [0.29, 0.717) is 5.69 Å². The number of carbonyl (C=O) groups is 2. The molecule has 0 aliphatic carbocycles. The van der Waals surface area contributed by atoms with Gasteiger partial charge in [0, 0.05) is 6.20 Å².